The Hall–Kier alpha value is -1.58. The molecule has 17 heavy (non-hydrogen) atoms. The summed E-state index contributed by atoms with van der Waals surface area (Å²) >= 11 is 0. The highest BCUT2D eigenvalue weighted by atomic mass is 19.1. The third-order valence-corrected chi connectivity index (χ3v) is 2.68. The molecule has 1 aromatic carbocycles. The lowest BCUT2D eigenvalue weighted by Crippen LogP contribution is -2.10. The molecule has 0 saturated heterocycles. The van der Waals surface area contributed by atoms with Gasteiger partial charge in [-0.2, -0.15) is 0 Å². The zero-order valence-corrected chi connectivity index (χ0v) is 10.2. The largest absolute Gasteiger partial charge is 0.454 e. The molecular weight excluding hydrogens is 223 g/mol. The summed E-state index contributed by atoms with van der Waals surface area (Å²) in [4.78, 5) is 11.2. The smallest absolute Gasteiger partial charge is 0.231 e. The van der Waals surface area contributed by atoms with Crippen LogP contribution in [0.4, 0.5) is 4.39 Å². The van der Waals surface area contributed by atoms with Gasteiger partial charge in [0.05, 0.1) is 0 Å². The third kappa shape index (κ3) is 2.40. The zero-order chi connectivity index (χ0) is 12.6. The molecule has 0 spiro atoms. The zero-order valence-electron chi connectivity index (χ0n) is 10.2. The summed E-state index contributed by atoms with van der Waals surface area (Å²) in [7, 11) is 0. The van der Waals surface area contributed by atoms with Crippen LogP contribution >= 0.6 is 0 Å². The SMILES string of the molecule is CC(=O)Cc1cc(C(C)(C)F)cc2c1OCO2. The van der Waals surface area contributed by atoms with E-state index in [4.69, 9.17) is 9.47 Å². The molecule has 1 aliphatic heterocycles. The van der Waals surface area contributed by atoms with Gasteiger partial charge in [-0.1, -0.05) is 0 Å². The van der Waals surface area contributed by atoms with Gasteiger partial charge in [-0.3, -0.25) is 4.79 Å². The predicted octanol–water partition coefficient (Wildman–Crippen LogP) is 2.75. The van der Waals surface area contributed by atoms with Gasteiger partial charge in [0, 0.05) is 12.0 Å². The molecule has 1 aromatic rings. The lowest BCUT2D eigenvalue weighted by atomic mass is 9.95. The Morgan fingerprint density at radius 2 is 2.12 bits per heavy atom. The van der Waals surface area contributed by atoms with Crippen LogP contribution < -0.4 is 9.47 Å². The monoisotopic (exact) mass is 238 g/mol. The first-order valence-electron chi connectivity index (χ1n) is 5.49. The van der Waals surface area contributed by atoms with Crippen LogP contribution in [0.5, 0.6) is 11.5 Å². The second-order valence-corrected chi connectivity index (χ2v) is 4.72. The van der Waals surface area contributed by atoms with E-state index in [2.05, 4.69) is 0 Å². The van der Waals surface area contributed by atoms with E-state index in [1.807, 2.05) is 0 Å². The van der Waals surface area contributed by atoms with E-state index in [1.165, 1.54) is 20.8 Å². The van der Waals surface area contributed by atoms with Crippen LogP contribution in [0.1, 0.15) is 31.9 Å². The lowest BCUT2D eigenvalue weighted by molar-refractivity contribution is -0.116. The molecule has 0 aromatic heterocycles. The molecular formula is C13H15FO3. The van der Waals surface area contributed by atoms with Crippen LogP contribution in [0.25, 0.3) is 0 Å². The Balaban J connectivity index is 2.49. The number of halogens is 1. The van der Waals surface area contributed by atoms with Gasteiger partial charge in [0.25, 0.3) is 0 Å². The molecule has 3 nitrogen and oxygen atoms in total. The molecule has 0 unspecified atom stereocenters. The Morgan fingerprint density at radius 1 is 1.41 bits per heavy atom. The molecule has 92 valence electrons. The van der Waals surface area contributed by atoms with Crippen LogP contribution in [0.3, 0.4) is 0 Å². The second kappa shape index (κ2) is 4.02. The van der Waals surface area contributed by atoms with Crippen LogP contribution in [0.2, 0.25) is 0 Å². The fourth-order valence-corrected chi connectivity index (χ4v) is 1.83. The summed E-state index contributed by atoms with van der Waals surface area (Å²) in [5.74, 6) is 1.09. The maximum atomic E-state index is 13.9. The quantitative estimate of drug-likeness (QED) is 0.812. The van der Waals surface area contributed by atoms with Gasteiger partial charge >= 0.3 is 0 Å². The molecule has 0 atom stereocenters. The number of hydrogen-bond donors (Lipinski definition) is 0. The van der Waals surface area contributed by atoms with Gasteiger partial charge in [-0.25, -0.2) is 4.39 Å². The van der Waals surface area contributed by atoms with Crippen molar-refractivity contribution in [1.29, 1.82) is 0 Å². The number of fused-ring (bicyclic) bond motifs is 1. The first-order valence-corrected chi connectivity index (χ1v) is 5.49. The number of Topliss-reactive ketones (excluding diaryl/α,β-unsaturated/α-hetero) is 1. The highest BCUT2D eigenvalue weighted by Crippen LogP contribution is 2.40. The number of ketones is 1. The minimum absolute atomic E-state index is 0.0107. The Kier molecular flexibility index (Phi) is 2.81. The van der Waals surface area contributed by atoms with Crippen molar-refractivity contribution in [3.05, 3.63) is 23.3 Å². The van der Waals surface area contributed by atoms with E-state index in [9.17, 15) is 9.18 Å². The second-order valence-electron chi connectivity index (χ2n) is 4.72. The van der Waals surface area contributed by atoms with E-state index in [1.54, 1.807) is 12.1 Å². The van der Waals surface area contributed by atoms with Gasteiger partial charge in [0.15, 0.2) is 11.5 Å². The molecule has 0 N–H and O–H groups in total. The molecule has 1 aliphatic rings. The predicted molar refractivity (Wildman–Crippen MR) is 61.1 cm³/mol. The van der Waals surface area contributed by atoms with Gasteiger partial charge in [0.2, 0.25) is 6.79 Å². The number of hydrogen-bond acceptors (Lipinski definition) is 3. The summed E-state index contributed by atoms with van der Waals surface area (Å²) in [5, 5.41) is 0. The summed E-state index contributed by atoms with van der Waals surface area (Å²) in [5.41, 5.74) is -0.279. The van der Waals surface area contributed by atoms with Gasteiger partial charge in [-0.15, -0.1) is 0 Å². The van der Waals surface area contributed by atoms with Crippen molar-refractivity contribution < 1.29 is 18.7 Å². The average molecular weight is 238 g/mol. The van der Waals surface area contributed by atoms with Crippen molar-refractivity contribution in [3.63, 3.8) is 0 Å². The fourth-order valence-electron chi connectivity index (χ4n) is 1.83. The first-order chi connectivity index (χ1) is 7.88. The van der Waals surface area contributed by atoms with Crippen LogP contribution in [0.15, 0.2) is 12.1 Å². The number of benzene rings is 1. The normalized spacial score (nSPS) is 13.9. The Bertz CT molecular complexity index is 460. The van der Waals surface area contributed by atoms with E-state index in [0.29, 0.717) is 22.6 Å². The first kappa shape index (κ1) is 11.9. The van der Waals surface area contributed by atoms with Crippen molar-refractivity contribution in [1.82, 2.24) is 0 Å². The lowest BCUT2D eigenvalue weighted by Gasteiger charge is -2.17. The summed E-state index contributed by atoms with van der Waals surface area (Å²) < 4.78 is 24.5. The number of rotatable bonds is 3. The van der Waals surface area contributed by atoms with Crippen molar-refractivity contribution in [2.24, 2.45) is 0 Å². The summed E-state index contributed by atoms with van der Waals surface area (Å²) in [6, 6.07) is 3.31. The molecule has 4 heteroatoms. The molecule has 0 amide bonds. The average Bonchev–Trinajstić information content (AvgIpc) is 2.62. The molecule has 0 fully saturated rings. The van der Waals surface area contributed by atoms with Crippen molar-refractivity contribution in [2.45, 2.75) is 32.9 Å². The molecule has 0 bridgehead atoms. The summed E-state index contributed by atoms with van der Waals surface area (Å²) in [6.07, 6.45) is 0.232. The van der Waals surface area contributed by atoms with Gasteiger partial charge in [-0.05, 0) is 38.5 Å². The maximum absolute atomic E-state index is 13.9. The molecule has 0 saturated carbocycles. The minimum atomic E-state index is -1.47. The fraction of sp³-hybridized carbons (Fsp3) is 0.462. The number of ether oxygens (including phenoxy) is 2. The van der Waals surface area contributed by atoms with Gasteiger partial charge < -0.3 is 9.47 Å². The van der Waals surface area contributed by atoms with Gasteiger partial charge in [0.1, 0.15) is 11.5 Å². The molecule has 0 radical (unpaired) electrons. The third-order valence-electron chi connectivity index (χ3n) is 2.68. The van der Waals surface area contributed by atoms with E-state index in [0.717, 1.165) is 0 Å². The molecule has 1 heterocycles. The maximum Gasteiger partial charge on any atom is 0.231 e. The van der Waals surface area contributed by atoms with Crippen LogP contribution in [-0.4, -0.2) is 12.6 Å². The Labute approximate surface area is 99.5 Å². The Morgan fingerprint density at radius 3 is 2.71 bits per heavy atom. The summed E-state index contributed by atoms with van der Waals surface area (Å²) in [6.45, 7) is 4.57. The van der Waals surface area contributed by atoms with Crippen molar-refractivity contribution in [2.75, 3.05) is 6.79 Å². The van der Waals surface area contributed by atoms with Crippen molar-refractivity contribution >= 4 is 5.78 Å². The topological polar surface area (TPSA) is 35.5 Å². The minimum Gasteiger partial charge on any atom is -0.454 e. The highest BCUT2D eigenvalue weighted by Gasteiger charge is 2.26. The highest BCUT2D eigenvalue weighted by molar-refractivity contribution is 5.79. The van der Waals surface area contributed by atoms with E-state index < -0.39 is 5.67 Å². The molecule has 2 rings (SSSR count). The van der Waals surface area contributed by atoms with E-state index in [-0.39, 0.29) is 19.0 Å². The number of carbonyl (C=O) groups is 1. The number of carbonyl (C=O) groups excluding carboxylic acids is 1. The van der Waals surface area contributed by atoms with E-state index >= 15 is 0 Å². The molecule has 0 aliphatic carbocycles. The van der Waals surface area contributed by atoms with Crippen LogP contribution in [-0.2, 0) is 16.9 Å². The number of alkyl halides is 1. The van der Waals surface area contributed by atoms with Crippen LogP contribution in [0, 0.1) is 0 Å². The van der Waals surface area contributed by atoms with Crippen molar-refractivity contribution in [3.8, 4) is 11.5 Å². The standard InChI is InChI=1S/C13H15FO3/c1-8(15)4-9-5-10(13(2,3)14)6-11-12(9)17-7-16-11/h5-6H,4,7H2,1-3H3.